The summed E-state index contributed by atoms with van der Waals surface area (Å²) in [6.07, 6.45) is 6.36. The molecule has 0 bridgehead atoms. The van der Waals surface area contributed by atoms with Crippen LogP contribution in [0.1, 0.15) is 48.8 Å². The van der Waals surface area contributed by atoms with Crippen molar-refractivity contribution in [3.8, 4) is 5.75 Å². The maximum atomic E-state index is 5.91. The van der Waals surface area contributed by atoms with Gasteiger partial charge in [0.2, 0.25) is 0 Å². The Morgan fingerprint density at radius 2 is 2.06 bits per heavy atom. The van der Waals surface area contributed by atoms with E-state index in [9.17, 15) is 0 Å². The molecule has 0 aromatic heterocycles. The van der Waals surface area contributed by atoms with Gasteiger partial charge in [-0.2, -0.15) is 0 Å². The molecule has 1 saturated heterocycles. The number of hydrogen-bond acceptors (Lipinski definition) is 2. The molecule has 2 aliphatic carbocycles. The Kier molecular flexibility index (Phi) is 2.04. The van der Waals surface area contributed by atoms with Gasteiger partial charge >= 0.3 is 0 Å². The van der Waals surface area contributed by atoms with E-state index in [1.807, 2.05) is 0 Å². The Morgan fingerprint density at radius 1 is 1.18 bits per heavy atom. The molecule has 1 heterocycles. The van der Waals surface area contributed by atoms with E-state index < -0.39 is 0 Å². The summed E-state index contributed by atoms with van der Waals surface area (Å²) in [5, 5.41) is 0. The van der Waals surface area contributed by atoms with E-state index in [0.29, 0.717) is 12.2 Å². The van der Waals surface area contributed by atoms with Gasteiger partial charge in [0.15, 0.2) is 0 Å². The summed E-state index contributed by atoms with van der Waals surface area (Å²) in [5.41, 5.74) is 2.94. The minimum Gasteiger partial charge on any atom is -0.497 e. The van der Waals surface area contributed by atoms with Crippen molar-refractivity contribution in [2.45, 2.75) is 43.8 Å². The molecule has 1 aromatic carbocycles. The molecule has 0 N–H and O–H groups in total. The lowest BCUT2D eigenvalue weighted by Crippen LogP contribution is -2.27. The summed E-state index contributed by atoms with van der Waals surface area (Å²) in [5.74, 6) is 2.48. The number of rotatable bonds is 1. The minimum absolute atomic E-state index is 0.398. The van der Waals surface area contributed by atoms with Gasteiger partial charge in [0.25, 0.3) is 0 Å². The number of hydrogen-bond donors (Lipinski definition) is 0. The van der Waals surface area contributed by atoms with Gasteiger partial charge in [-0.3, -0.25) is 0 Å². The van der Waals surface area contributed by atoms with Gasteiger partial charge in [-0.25, -0.2) is 0 Å². The van der Waals surface area contributed by atoms with Crippen molar-refractivity contribution in [1.82, 2.24) is 0 Å². The predicted molar refractivity (Wildman–Crippen MR) is 65.3 cm³/mol. The Bertz CT molecular complexity index is 454. The number of epoxide rings is 1. The molecule has 3 aliphatic rings. The second-order valence-electron chi connectivity index (χ2n) is 5.57. The van der Waals surface area contributed by atoms with E-state index in [1.165, 1.54) is 36.8 Å². The average Bonchev–Trinajstić information content (AvgIpc) is 3.19. The lowest BCUT2D eigenvalue weighted by molar-refractivity contribution is 0.237. The molecule has 17 heavy (non-hydrogen) atoms. The molecule has 4 rings (SSSR count). The Hall–Kier alpha value is -1.02. The highest BCUT2D eigenvalue weighted by atomic mass is 16.6. The molecule has 2 heteroatoms. The van der Waals surface area contributed by atoms with Crippen molar-refractivity contribution in [2.24, 2.45) is 5.92 Å². The third-order valence-corrected chi connectivity index (χ3v) is 4.77. The van der Waals surface area contributed by atoms with Crippen molar-refractivity contribution in [3.05, 3.63) is 29.3 Å². The summed E-state index contributed by atoms with van der Waals surface area (Å²) in [7, 11) is 1.75. The molecule has 4 atom stereocenters. The van der Waals surface area contributed by atoms with Crippen LogP contribution in [-0.4, -0.2) is 13.2 Å². The first-order valence-corrected chi connectivity index (χ1v) is 6.72. The normalized spacial score (nSPS) is 37.7. The molecule has 0 spiro atoms. The first kappa shape index (κ1) is 9.95. The fourth-order valence-corrected chi connectivity index (χ4v) is 3.90. The topological polar surface area (TPSA) is 21.8 Å². The van der Waals surface area contributed by atoms with Crippen LogP contribution in [0.2, 0.25) is 0 Å². The molecule has 0 unspecified atom stereocenters. The van der Waals surface area contributed by atoms with Crippen molar-refractivity contribution in [1.29, 1.82) is 0 Å². The Morgan fingerprint density at radius 3 is 2.94 bits per heavy atom. The van der Waals surface area contributed by atoms with Crippen molar-refractivity contribution < 1.29 is 9.47 Å². The zero-order valence-electron chi connectivity index (χ0n) is 10.2. The molecule has 1 aliphatic heterocycles. The summed E-state index contributed by atoms with van der Waals surface area (Å²) in [6, 6.07) is 6.53. The van der Waals surface area contributed by atoms with Crippen LogP contribution < -0.4 is 4.74 Å². The third kappa shape index (κ3) is 1.37. The largest absolute Gasteiger partial charge is 0.497 e. The molecule has 2 nitrogen and oxygen atoms in total. The number of methoxy groups -OCH3 is 1. The number of fused-ring (bicyclic) bond motifs is 6. The van der Waals surface area contributed by atoms with Gasteiger partial charge < -0.3 is 9.47 Å². The van der Waals surface area contributed by atoms with Crippen LogP contribution in [0.15, 0.2) is 18.2 Å². The van der Waals surface area contributed by atoms with E-state index in [2.05, 4.69) is 18.2 Å². The van der Waals surface area contributed by atoms with Crippen molar-refractivity contribution in [2.75, 3.05) is 7.11 Å². The van der Waals surface area contributed by atoms with Gasteiger partial charge in [-0.05, 0) is 47.9 Å². The fourth-order valence-electron chi connectivity index (χ4n) is 3.90. The van der Waals surface area contributed by atoms with Crippen LogP contribution in [0.3, 0.4) is 0 Å². The maximum Gasteiger partial charge on any atom is 0.119 e. The molecule has 0 amide bonds. The van der Waals surface area contributed by atoms with E-state index in [4.69, 9.17) is 9.47 Å². The summed E-state index contributed by atoms with van der Waals surface area (Å²) < 4.78 is 11.3. The predicted octanol–water partition coefficient (Wildman–Crippen LogP) is 3.42. The number of ether oxygens (including phenoxy) is 2. The maximum absolute atomic E-state index is 5.91. The quantitative estimate of drug-likeness (QED) is 0.689. The van der Waals surface area contributed by atoms with E-state index >= 15 is 0 Å². The summed E-state index contributed by atoms with van der Waals surface area (Å²) in [6.45, 7) is 0. The average molecular weight is 230 g/mol. The van der Waals surface area contributed by atoms with E-state index in [0.717, 1.165) is 17.6 Å². The molecule has 90 valence electrons. The molecular formula is C15H18O2. The van der Waals surface area contributed by atoms with Gasteiger partial charge in [0, 0.05) is 0 Å². The van der Waals surface area contributed by atoms with Gasteiger partial charge in [-0.15, -0.1) is 0 Å². The van der Waals surface area contributed by atoms with Crippen LogP contribution in [0.5, 0.6) is 5.75 Å². The second-order valence-corrected chi connectivity index (χ2v) is 5.57. The lowest BCUT2D eigenvalue weighted by Gasteiger charge is -2.35. The van der Waals surface area contributed by atoms with Crippen LogP contribution in [0.25, 0.3) is 0 Å². The van der Waals surface area contributed by atoms with Crippen molar-refractivity contribution >= 4 is 0 Å². The van der Waals surface area contributed by atoms with Crippen LogP contribution in [0, 0.1) is 5.92 Å². The van der Waals surface area contributed by atoms with Gasteiger partial charge in [0.1, 0.15) is 11.9 Å². The van der Waals surface area contributed by atoms with Crippen LogP contribution >= 0.6 is 0 Å². The van der Waals surface area contributed by atoms with Crippen molar-refractivity contribution in [3.63, 3.8) is 0 Å². The zero-order valence-corrected chi connectivity index (χ0v) is 10.2. The van der Waals surface area contributed by atoms with E-state index in [-0.39, 0.29) is 0 Å². The Labute approximate surface area is 102 Å². The van der Waals surface area contributed by atoms with Crippen LogP contribution in [-0.2, 0) is 4.74 Å². The Balaban J connectivity index is 1.81. The van der Waals surface area contributed by atoms with E-state index in [1.54, 1.807) is 7.11 Å². The molecule has 0 radical (unpaired) electrons. The lowest BCUT2D eigenvalue weighted by atomic mass is 9.68. The van der Waals surface area contributed by atoms with Gasteiger partial charge in [0.05, 0.1) is 13.2 Å². The number of benzene rings is 1. The fraction of sp³-hybridized carbons (Fsp3) is 0.600. The molecular weight excluding hydrogens is 212 g/mol. The highest BCUT2D eigenvalue weighted by molar-refractivity contribution is 5.44. The molecule has 1 saturated carbocycles. The van der Waals surface area contributed by atoms with Crippen LogP contribution in [0.4, 0.5) is 0 Å². The summed E-state index contributed by atoms with van der Waals surface area (Å²) in [4.78, 5) is 0. The first-order valence-electron chi connectivity index (χ1n) is 6.72. The highest BCUT2D eigenvalue weighted by Crippen LogP contribution is 2.58. The summed E-state index contributed by atoms with van der Waals surface area (Å²) >= 11 is 0. The molecule has 2 fully saturated rings. The SMILES string of the molecule is COc1ccc2c(c1)[C@@H]1CCCC[C@@H]1[C@@H]1O[C@H]21. The third-order valence-electron chi connectivity index (χ3n) is 4.77. The van der Waals surface area contributed by atoms with Gasteiger partial charge in [-0.1, -0.05) is 18.9 Å². The first-order chi connectivity index (χ1) is 8.38. The zero-order chi connectivity index (χ0) is 11.4. The smallest absolute Gasteiger partial charge is 0.119 e. The highest BCUT2D eigenvalue weighted by Gasteiger charge is 2.54. The monoisotopic (exact) mass is 230 g/mol. The minimum atomic E-state index is 0.398. The standard InChI is InChI=1S/C15H18O2/c1-16-9-6-7-12-13(8-9)10-4-2-3-5-11(10)14-15(12)17-14/h6-8,10-11,14-15H,2-5H2,1H3/t10-,11+,14+,15-/m1/s1. The second kappa shape index (κ2) is 3.49. The molecule has 1 aromatic rings.